The lowest BCUT2D eigenvalue weighted by Gasteiger charge is -2.18. The van der Waals surface area contributed by atoms with Crippen molar-refractivity contribution in [3.05, 3.63) is 44.1 Å². The molecule has 0 fully saturated rings. The first-order valence-corrected chi connectivity index (χ1v) is 8.99. The van der Waals surface area contributed by atoms with E-state index in [9.17, 15) is 8.42 Å². The van der Waals surface area contributed by atoms with Gasteiger partial charge in [0.15, 0.2) is 0 Å². The third kappa shape index (κ3) is 3.52. The number of sulfonamides is 1. The van der Waals surface area contributed by atoms with Gasteiger partial charge >= 0.3 is 0 Å². The van der Waals surface area contributed by atoms with Gasteiger partial charge in [-0.15, -0.1) is 11.3 Å². The highest BCUT2D eigenvalue weighted by Crippen LogP contribution is 2.30. The monoisotopic (exact) mass is 364 g/mol. The molecular formula is C13H14Cl2N2O2S2. The lowest BCUT2D eigenvalue weighted by molar-refractivity contribution is 0.470. The maximum atomic E-state index is 12.6. The van der Waals surface area contributed by atoms with Crippen molar-refractivity contribution in [2.24, 2.45) is 0 Å². The number of hydrogen-bond acceptors (Lipinski definition) is 4. The van der Waals surface area contributed by atoms with Crippen LogP contribution in [0.4, 0.5) is 5.69 Å². The molecule has 4 nitrogen and oxygen atoms in total. The first kappa shape index (κ1) is 16.6. The first-order valence-electron chi connectivity index (χ1n) is 5.98. The van der Waals surface area contributed by atoms with E-state index in [1.165, 1.54) is 28.8 Å². The fraction of sp³-hybridized carbons (Fsp3) is 0.231. The van der Waals surface area contributed by atoms with Crippen LogP contribution in [0, 0.1) is 6.92 Å². The summed E-state index contributed by atoms with van der Waals surface area (Å²) < 4.78 is 27.0. The van der Waals surface area contributed by atoms with Crippen LogP contribution >= 0.6 is 34.5 Å². The van der Waals surface area contributed by atoms with E-state index in [4.69, 9.17) is 28.9 Å². The predicted molar refractivity (Wildman–Crippen MR) is 88.6 cm³/mol. The number of nitrogen functional groups attached to an aromatic ring is 1. The molecule has 0 saturated carbocycles. The summed E-state index contributed by atoms with van der Waals surface area (Å²) in [4.78, 5) is 0.861. The van der Waals surface area contributed by atoms with Gasteiger partial charge in [0.05, 0.1) is 9.36 Å². The minimum Gasteiger partial charge on any atom is -0.398 e. The third-order valence-corrected chi connectivity index (χ3v) is 6.50. The van der Waals surface area contributed by atoms with Gasteiger partial charge in [-0.3, -0.25) is 0 Å². The zero-order valence-corrected chi connectivity index (χ0v) is 14.6. The van der Waals surface area contributed by atoms with Crippen molar-refractivity contribution in [1.82, 2.24) is 4.31 Å². The quantitative estimate of drug-likeness (QED) is 0.839. The van der Waals surface area contributed by atoms with Crippen LogP contribution in [0.5, 0.6) is 0 Å². The molecule has 1 aromatic heterocycles. The maximum absolute atomic E-state index is 12.6. The summed E-state index contributed by atoms with van der Waals surface area (Å²) in [5.74, 6) is 0. The Morgan fingerprint density at radius 1 is 1.29 bits per heavy atom. The van der Waals surface area contributed by atoms with Crippen molar-refractivity contribution in [3.8, 4) is 0 Å². The van der Waals surface area contributed by atoms with Crippen LogP contribution in [0.15, 0.2) is 29.2 Å². The minimum absolute atomic E-state index is 0.0115. The number of benzene rings is 1. The number of aryl methyl sites for hydroxylation is 1. The van der Waals surface area contributed by atoms with Crippen LogP contribution < -0.4 is 5.73 Å². The van der Waals surface area contributed by atoms with Gasteiger partial charge in [-0.25, -0.2) is 8.42 Å². The smallest absolute Gasteiger partial charge is 0.244 e. The molecule has 0 aliphatic rings. The maximum Gasteiger partial charge on any atom is 0.244 e. The van der Waals surface area contributed by atoms with Crippen molar-refractivity contribution >= 4 is 50.2 Å². The van der Waals surface area contributed by atoms with E-state index in [2.05, 4.69) is 0 Å². The molecule has 0 amide bonds. The van der Waals surface area contributed by atoms with E-state index in [0.717, 1.165) is 10.4 Å². The largest absolute Gasteiger partial charge is 0.398 e. The van der Waals surface area contributed by atoms with Crippen molar-refractivity contribution in [2.75, 3.05) is 12.8 Å². The Labute approximate surface area is 138 Å². The normalized spacial score (nSPS) is 12.0. The fourth-order valence-electron chi connectivity index (χ4n) is 1.78. The highest BCUT2D eigenvalue weighted by molar-refractivity contribution is 7.89. The molecular weight excluding hydrogens is 351 g/mol. The van der Waals surface area contributed by atoms with Gasteiger partial charge in [0, 0.05) is 24.2 Å². The summed E-state index contributed by atoms with van der Waals surface area (Å²) >= 11 is 13.2. The Balaban J connectivity index is 2.35. The Bertz CT molecular complexity index is 772. The van der Waals surface area contributed by atoms with Gasteiger partial charge in [-0.05, 0) is 36.8 Å². The second kappa shape index (κ2) is 6.14. The SMILES string of the molecule is Cc1cc(Cl)c(S(=O)(=O)N(C)Cc2ccc(Cl)s2)cc1N. The topological polar surface area (TPSA) is 63.4 Å². The van der Waals surface area contributed by atoms with E-state index < -0.39 is 10.0 Å². The first-order chi connectivity index (χ1) is 9.71. The lowest BCUT2D eigenvalue weighted by Crippen LogP contribution is -2.26. The van der Waals surface area contributed by atoms with Gasteiger partial charge in [0.2, 0.25) is 10.0 Å². The molecule has 2 rings (SSSR count). The van der Waals surface area contributed by atoms with Gasteiger partial charge in [-0.1, -0.05) is 23.2 Å². The average Bonchev–Trinajstić information content (AvgIpc) is 2.79. The number of rotatable bonds is 4. The number of hydrogen-bond donors (Lipinski definition) is 1. The highest BCUT2D eigenvalue weighted by Gasteiger charge is 2.25. The molecule has 0 aliphatic carbocycles. The van der Waals surface area contributed by atoms with Gasteiger partial charge in [0.25, 0.3) is 0 Å². The van der Waals surface area contributed by atoms with Gasteiger partial charge in [0.1, 0.15) is 4.90 Å². The lowest BCUT2D eigenvalue weighted by atomic mass is 10.2. The molecule has 0 bridgehead atoms. The summed E-state index contributed by atoms with van der Waals surface area (Å²) in [6.45, 7) is 2.00. The molecule has 0 aliphatic heterocycles. The van der Waals surface area contributed by atoms with Crippen molar-refractivity contribution in [3.63, 3.8) is 0 Å². The van der Waals surface area contributed by atoms with Crippen LogP contribution in [-0.4, -0.2) is 19.8 Å². The van der Waals surface area contributed by atoms with Crippen LogP contribution in [-0.2, 0) is 16.6 Å². The van der Waals surface area contributed by atoms with Crippen molar-refractivity contribution < 1.29 is 8.42 Å². The second-order valence-electron chi connectivity index (χ2n) is 4.61. The predicted octanol–water partition coefficient (Wildman–Crippen LogP) is 3.77. The number of nitrogens with zero attached hydrogens (tertiary/aromatic N) is 1. The van der Waals surface area contributed by atoms with E-state index in [0.29, 0.717) is 10.0 Å². The second-order valence-corrected chi connectivity index (χ2v) is 8.83. The number of thiophene rings is 1. The molecule has 1 aromatic carbocycles. The van der Waals surface area contributed by atoms with Crippen molar-refractivity contribution in [1.29, 1.82) is 0 Å². The van der Waals surface area contributed by atoms with E-state index >= 15 is 0 Å². The average molecular weight is 365 g/mol. The van der Waals surface area contributed by atoms with Crippen LogP contribution in [0.25, 0.3) is 0 Å². The highest BCUT2D eigenvalue weighted by atomic mass is 35.5. The minimum atomic E-state index is -3.71. The molecule has 0 spiro atoms. The van der Waals surface area contributed by atoms with Crippen molar-refractivity contribution in [2.45, 2.75) is 18.4 Å². The van der Waals surface area contributed by atoms with Crippen LogP contribution in [0.1, 0.15) is 10.4 Å². The van der Waals surface area contributed by atoms with Gasteiger partial charge < -0.3 is 5.73 Å². The standard InChI is InChI=1S/C13H14Cl2N2O2S2/c1-8-5-10(14)12(6-11(8)16)21(18,19)17(2)7-9-3-4-13(15)20-9/h3-6H,7,16H2,1-2H3. The molecule has 1 heterocycles. The molecule has 0 radical (unpaired) electrons. The molecule has 114 valence electrons. The summed E-state index contributed by atoms with van der Waals surface area (Å²) in [6, 6.07) is 6.48. The Kier molecular flexibility index (Phi) is 4.85. The van der Waals surface area contributed by atoms with Crippen LogP contribution in [0.2, 0.25) is 9.36 Å². The Morgan fingerprint density at radius 2 is 1.95 bits per heavy atom. The number of anilines is 1. The zero-order chi connectivity index (χ0) is 15.8. The van der Waals surface area contributed by atoms with E-state index in [1.807, 2.05) is 0 Å². The number of nitrogens with two attached hydrogens (primary N) is 1. The molecule has 8 heteroatoms. The molecule has 21 heavy (non-hydrogen) atoms. The molecule has 2 aromatic rings. The fourth-order valence-corrected chi connectivity index (χ4v) is 4.73. The molecule has 0 unspecified atom stereocenters. The Hall–Kier alpha value is -0.790. The van der Waals surface area contributed by atoms with Gasteiger partial charge in [-0.2, -0.15) is 4.31 Å². The molecule has 2 N–H and O–H groups in total. The van der Waals surface area contributed by atoms with E-state index in [-0.39, 0.29) is 16.5 Å². The molecule has 0 atom stereocenters. The van der Waals surface area contributed by atoms with E-state index in [1.54, 1.807) is 25.1 Å². The summed E-state index contributed by atoms with van der Waals surface area (Å²) in [6.07, 6.45) is 0. The summed E-state index contributed by atoms with van der Waals surface area (Å²) in [5, 5.41) is 0.165. The Morgan fingerprint density at radius 3 is 2.52 bits per heavy atom. The zero-order valence-electron chi connectivity index (χ0n) is 11.4. The summed E-state index contributed by atoms with van der Waals surface area (Å²) in [5.41, 5.74) is 6.92. The summed E-state index contributed by atoms with van der Waals surface area (Å²) in [7, 11) is -2.22. The van der Waals surface area contributed by atoms with Crippen LogP contribution in [0.3, 0.4) is 0 Å². The number of halogens is 2. The third-order valence-electron chi connectivity index (χ3n) is 3.02. The molecule has 0 saturated heterocycles.